The van der Waals surface area contributed by atoms with E-state index in [1.807, 2.05) is 0 Å². The van der Waals surface area contributed by atoms with Gasteiger partial charge in [0.1, 0.15) is 0 Å². The molecule has 10 heavy (non-hydrogen) atoms. The zero-order chi connectivity index (χ0) is 7.56. The highest BCUT2D eigenvalue weighted by Gasteiger charge is 2.27. The molecule has 1 rings (SSSR count). The molecule has 56 valence electrons. The third-order valence-electron chi connectivity index (χ3n) is 2.33. The molecule has 0 aromatic rings. The number of hydrogen-bond donors (Lipinski definition) is 1. The predicted molar refractivity (Wildman–Crippen MR) is 43.5 cm³/mol. The van der Waals surface area contributed by atoms with Crippen LogP contribution in [0.2, 0.25) is 0 Å². The first-order valence-corrected chi connectivity index (χ1v) is 3.92. The third kappa shape index (κ3) is 1.33. The van der Waals surface area contributed by atoms with E-state index < -0.39 is 0 Å². The largest absolute Gasteiger partial charge is 0.315 e. The van der Waals surface area contributed by atoms with Crippen molar-refractivity contribution in [3.8, 4) is 12.3 Å². The van der Waals surface area contributed by atoms with Gasteiger partial charge in [0.2, 0.25) is 0 Å². The lowest BCUT2D eigenvalue weighted by Crippen LogP contribution is -2.16. The molecule has 0 aliphatic carbocycles. The second-order valence-electron chi connectivity index (χ2n) is 3.34. The zero-order valence-electron chi connectivity index (χ0n) is 6.72. The lowest BCUT2D eigenvalue weighted by molar-refractivity contribution is 0.371. The van der Waals surface area contributed by atoms with Crippen LogP contribution in [0.5, 0.6) is 0 Å². The first-order valence-electron chi connectivity index (χ1n) is 3.92. The molecule has 1 saturated heterocycles. The molecule has 1 heteroatoms. The SMILES string of the molecule is C#CC1CNCC1C(C)C. The summed E-state index contributed by atoms with van der Waals surface area (Å²) in [5.74, 6) is 4.72. The normalized spacial score (nSPS) is 32.6. The summed E-state index contributed by atoms with van der Waals surface area (Å²) < 4.78 is 0. The Bertz CT molecular complexity index is 143. The van der Waals surface area contributed by atoms with Crippen molar-refractivity contribution >= 4 is 0 Å². The molecule has 1 aliphatic heterocycles. The molecule has 0 amide bonds. The fourth-order valence-corrected chi connectivity index (χ4v) is 1.58. The summed E-state index contributed by atoms with van der Waals surface area (Å²) in [5, 5.41) is 3.31. The summed E-state index contributed by atoms with van der Waals surface area (Å²) in [5.41, 5.74) is 0. The fraction of sp³-hybridized carbons (Fsp3) is 0.778. The van der Waals surface area contributed by atoms with Gasteiger partial charge in [-0.25, -0.2) is 0 Å². The van der Waals surface area contributed by atoms with E-state index in [-0.39, 0.29) is 0 Å². The van der Waals surface area contributed by atoms with E-state index in [2.05, 4.69) is 25.1 Å². The number of terminal acetylenes is 1. The van der Waals surface area contributed by atoms with E-state index in [0.717, 1.165) is 19.0 Å². The molecule has 0 bridgehead atoms. The highest BCUT2D eigenvalue weighted by atomic mass is 14.9. The van der Waals surface area contributed by atoms with E-state index in [1.165, 1.54) is 0 Å². The number of nitrogens with one attached hydrogen (secondary N) is 1. The van der Waals surface area contributed by atoms with Gasteiger partial charge < -0.3 is 5.32 Å². The standard InChI is InChI=1S/C9H15N/c1-4-8-5-10-6-9(8)7(2)3/h1,7-10H,5-6H2,2-3H3. The summed E-state index contributed by atoms with van der Waals surface area (Å²) in [6, 6.07) is 0. The van der Waals surface area contributed by atoms with E-state index >= 15 is 0 Å². The highest BCUT2D eigenvalue weighted by molar-refractivity contribution is 5.02. The van der Waals surface area contributed by atoms with E-state index in [0.29, 0.717) is 11.8 Å². The molecule has 2 atom stereocenters. The Hall–Kier alpha value is -0.480. The maximum absolute atomic E-state index is 5.37. The van der Waals surface area contributed by atoms with E-state index in [9.17, 15) is 0 Å². The number of hydrogen-bond acceptors (Lipinski definition) is 1. The molecule has 0 radical (unpaired) electrons. The lowest BCUT2D eigenvalue weighted by Gasteiger charge is -2.16. The minimum Gasteiger partial charge on any atom is -0.315 e. The Morgan fingerprint density at radius 2 is 2.20 bits per heavy atom. The topological polar surface area (TPSA) is 12.0 Å². The van der Waals surface area contributed by atoms with Gasteiger partial charge in [0.25, 0.3) is 0 Å². The van der Waals surface area contributed by atoms with Gasteiger partial charge in [-0.3, -0.25) is 0 Å². The van der Waals surface area contributed by atoms with Crippen LogP contribution in [0.4, 0.5) is 0 Å². The van der Waals surface area contributed by atoms with Crippen molar-refractivity contribution in [3.63, 3.8) is 0 Å². The van der Waals surface area contributed by atoms with Crippen molar-refractivity contribution in [3.05, 3.63) is 0 Å². The summed E-state index contributed by atoms with van der Waals surface area (Å²) in [6.07, 6.45) is 5.37. The van der Waals surface area contributed by atoms with Crippen LogP contribution in [0.25, 0.3) is 0 Å². The van der Waals surface area contributed by atoms with Crippen LogP contribution in [0, 0.1) is 30.1 Å². The first-order chi connectivity index (χ1) is 4.75. The van der Waals surface area contributed by atoms with Gasteiger partial charge >= 0.3 is 0 Å². The quantitative estimate of drug-likeness (QED) is 0.534. The summed E-state index contributed by atoms with van der Waals surface area (Å²) >= 11 is 0. The third-order valence-corrected chi connectivity index (χ3v) is 2.33. The Morgan fingerprint density at radius 3 is 2.60 bits per heavy atom. The van der Waals surface area contributed by atoms with Gasteiger partial charge in [-0.05, 0) is 18.4 Å². The molecule has 0 spiro atoms. The molecule has 1 aliphatic rings. The summed E-state index contributed by atoms with van der Waals surface area (Å²) in [7, 11) is 0. The fourth-order valence-electron chi connectivity index (χ4n) is 1.58. The minimum atomic E-state index is 0.472. The average Bonchev–Trinajstić information content (AvgIpc) is 2.33. The first kappa shape index (κ1) is 7.63. The Morgan fingerprint density at radius 1 is 1.50 bits per heavy atom. The van der Waals surface area contributed by atoms with Crippen molar-refractivity contribution in [1.82, 2.24) is 5.32 Å². The van der Waals surface area contributed by atoms with Crippen molar-refractivity contribution in [2.45, 2.75) is 13.8 Å². The maximum atomic E-state index is 5.37. The summed E-state index contributed by atoms with van der Waals surface area (Å²) in [4.78, 5) is 0. The molecule has 1 fully saturated rings. The van der Waals surface area contributed by atoms with Crippen molar-refractivity contribution in [2.24, 2.45) is 17.8 Å². The molecular formula is C9H15N. The Balaban J connectivity index is 2.52. The zero-order valence-corrected chi connectivity index (χ0v) is 6.72. The van der Waals surface area contributed by atoms with E-state index in [4.69, 9.17) is 6.42 Å². The molecule has 0 aromatic carbocycles. The predicted octanol–water partition coefficient (Wildman–Crippen LogP) is 1.11. The molecule has 1 N–H and O–H groups in total. The van der Waals surface area contributed by atoms with Crippen LogP contribution in [-0.4, -0.2) is 13.1 Å². The minimum absolute atomic E-state index is 0.472. The highest BCUT2D eigenvalue weighted by Crippen LogP contribution is 2.23. The van der Waals surface area contributed by atoms with Crippen LogP contribution in [0.1, 0.15) is 13.8 Å². The van der Waals surface area contributed by atoms with Crippen LogP contribution >= 0.6 is 0 Å². The molecule has 2 unspecified atom stereocenters. The molecule has 0 saturated carbocycles. The molecule has 1 heterocycles. The van der Waals surface area contributed by atoms with Crippen molar-refractivity contribution < 1.29 is 0 Å². The van der Waals surface area contributed by atoms with Crippen LogP contribution < -0.4 is 5.32 Å². The van der Waals surface area contributed by atoms with Gasteiger partial charge in [-0.2, -0.15) is 0 Å². The molecule has 0 aromatic heterocycles. The Kier molecular flexibility index (Phi) is 2.34. The monoisotopic (exact) mass is 137 g/mol. The smallest absolute Gasteiger partial charge is 0.0367 e. The van der Waals surface area contributed by atoms with Crippen LogP contribution in [0.3, 0.4) is 0 Å². The van der Waals surface area contributed by atoms with Gasteiger partial charge in [0.05, 0.1) is 0 Å². The van der Waals surface area contributed by atoms with Crippen LogP contribution in [0.15, 0.2) is 0 Å². The summed E-state index contributed by atoms with van der Waals surface area (Å²) in [6.45, 7) is 6.59. The average molecular weight is 137 g/mol. The number of rotatable bonds is 1. The Labute approximate surface area is 63.2 Å². The maximum Gasteiger partial charge on any atom is 0.0367 e. The van der Waals surface area contributed by atoms with Gasteiger partial charge in [0, 0.05) is 12.5 Å². The van der Waals surface area contributed by atoms with Gasteiger partial charge in [-0.15, -0.1) is 12.3 Å². The lowest BCUT2D eigenvalue weighted by atomic mass is 9.87. The van der Waals surface area contributed by atoms with Crippen molar-refractivity contribution in [2.75, 3.05) is 13.1 Å². The van der Waals surface area contributed by atoms with Gasteiger partial charge in [0.15, 0.2) is 0 Å². The molecule has 1 nitrogen and oxygen atoms in total. The molecular weight excluding hydrogens is 122 g/mol. The van der Waals surface area contributed by atoms with Crippen LogP contribution in [-0.2, 0) is 0 Å². The second kappa shape index (κ2) is 3.07. The second-order valence-corrected chi connectivity index (χ2v) is 3.34. The van der Waals surface area contributed by atoms with Crippen molar-refractivity contribution in [1.29, 1.82) is 0 Å². The van der Waals surface area contributed by atoms with Gasteiger partial charge in [-0.1, -0.05) is 13.8 Å². The van der Waals surface area contributed by atoms with E-state index in [1.54, 1.807) is 0 Å².